The predicted molar refractivity (Wildman–Crippen MR) is 45.1 cm³/mol. The third-order valence-corrected chi connectivity index (χ3v) is 1.65. The highest BCUT2D eigenvalue weighted by Crippen LogP contribution is 2.37. The summed E-state index contributed by atoms with van der Waals surface area (Å²) in [5.41, 5.74) is -0.441. The summed E-state index contributed by atoms with van der Waals surface area (Å²) in [4.78, 5) is 3.38. The molecule has 0 aliphatic carbocycles. The van der Waals surface area contributed by atoms with E-state index in [4.69, 9.17) is 5.11 Å². The fourth-order valence-electron chi connectivity index (χ4n) is 1.02. The van der Waals surface area contributed by atoms with Gasteiger partial charge in [-0.2, -0.15) is 0 Å². The second-order valence-electron chi connectivity index (χ2n) is 2.67. The van der Waals surface area contributed by atoms with Crippen LogP contribution in [0.1, 0.15) is 5.56 Å². The summed E-state index contributed by atoms with van der Waals surface area (Å²) >= 11 is 0. The molecular formula is C8H8F3NO4. The maximum Gasteiger partial charge on any atom is 0.573 e. The Morgan fingerprint density at radius 2 is 2.06 bits per heavy atom. The highest BCUT2D eigenvalue weighted by molar-refractivity contribution is 5.48. The third-order valence-electron chi connectivity index (χ3n) is 1.65. The minimum Gasteiger partial charge on any atom is -0.506 e. The van der Waals surface area contributed by atoms with Crippen molar-refractivity contribution in [3.63, 3.8) is 0 Å². The third kappa shape index (κ3) is 2.66. The number of aromatic hydroxyl groups is 1. The largest absolute Gasteiger partial charge is 0.573 e. The van der Waals surface area contributed by atoms with Crippen molar-refractivity contribution in [2.45, 2.75) is 13.0 Å². The molecule has 2 N–H and O–H groups in total. The number of pyridine rings is 1. The van der Waals surface area contributed by atoms with Gasteiger partial charge in [-0.25, -0.2) is 4.98 Å². The Hall–Kier alpha value is -1.70. The smallest absolute Gasteiger partial charge is 0.506 e. The normalized spacial score (nSPS) is 11.3. The lowest BCUT2D eigenvalue weighted by Crippen LogP contribution is -2.19. The first kappa shape index (κ1) is 12.4. The first-order valence-corrected chi connectivity index (χ1v) is 4.00. The number of halogens is 3. The Morgan fingerprint density at radius 3 is 2.50 bits per heavy atom. The SMILES string of the molecule is COc1ncc(O)c(CO)c1OC(F)(F)F. The van der Waals surface area contributed by atoms with E-state index in [1.165, 1.54) is 0 Å². The number of nitrogens with zero attached hydrogens (tertiary/aromatic N) is 1. The molecule has 1 aromatic rings. The van der Waals surface area contributed by atoms with Gasteiger partial charge in [0.2, 0.25) is 5.75 Å². The predicted octanol–water partition coefficient (Wildman–Crippen LogP) is 1.19. The molecule has 8 heteroatoms. The van der Waals surface area contributed by atoms with Crippen LogP contribution >= 0.6 is 0 Å². The zero-order valence-corrected chi connectivity index (χ0v) is 8.08. The van der Waals surface area contributed by atoms with Gasteiger partial charge in [-0.15, -0.1) is 13.2 Å². The van der Waals surface area contributed by atoms with Gasteiger partial charge in [0.15, 0.2) is 0 Å². The molecule has 0 spiro atoms. The molecule has 90 valence electrons. The molecule has 1 aromatic heterocycles. The average molecular weight is 239 g/mol. The van der Waals surface area contributed by atoms with Gasteiger partial charge >= 0.3 is 6.36 Å². The lowest BCUT2D eigenvalue weighted by molar-refractivity contribution is -0.275. The number of alkyl halides is 3. The van der Waals surface area contributed by atoms with Gasteiger partial charge in [-0.1, -0.05) is 0 Å². The highest BCUT2D eigenvalue weighted by Gasteiger charge is 2.34. The summed E-state index contributed by atoms with van der Waals surface area (Å²) in [6.45, 7) is -0.837. The number of hydrogen-bond acceptors (Lipinski definition) is 5. The van der Waals surface area contributed by atoms with Gasteiger partial charge in [-0.05, 0) is 0 Å². The number of rotatable bonds is 3. The molecular weight excluding hydrogens is 231 g/mol. The zero-order chi connectivity index (χ0) is 12.3. The molecule has 0 fully saturated rings. The van der Waals surface area contributed by atoms with Crippen LogP contribution in [0.5, 0.6) is 17.4 Å². The molecule has 0 aliphatic heterocycles. The summed E-state index contributed by atoms with van der Waals surface area (Å²) in [6, 6.07) is 0. The zero-order valence-electron chi connectivity index (χ0n) is 8.08. The molecule has 0 saturated carbocycles. The summed E-state index contributed by atoms with van der Waals surface area (Å²) in [5.74, 6) is -1.93. The van der Waals surface area contributed by atoms with Crippen molar-refractivity contribution in [1.82, 2.24) is 4.98 Å². The van der Waals surface area contributed by atoms with Gasteiger partial charge in [0.05, 0.1) is 25.5 Å². The monoisotopic (exact) mass is 239 g/mol. The first-order chi connectivity index (χ1) is 7.39. The molecule has 0 bridgehead atoms. The van der Waals surface area contributed by atoms with Crippen molar-refractivity contribution in [2.24, 2.45) is 0 Å². The fourth-order valence-corrected chi connectivity index (χ4v) is 1.02. The van der Waals surface area contributed by atoms with Crippen LogP contribution in [0.4, 0.5) is 13.2 Å². The first-order valence-electron chi connectivity index (χ1n) is 4.00. The molecule has 0 atom stereocenters. The molecule has 16 heavy (non-hydrogen) atoms. The molecule has 5 nitrogen and oxygen atoms in total. The fraction of sp³-hybridized carbons (Fsp3) is 0.375. The number of aromatic nitrogens is 1. The average Bonchev–Trinajstić information content (AvgIpc) is 2.16. The molecule has 0 saturated heterocycles. The van der Waals surface area contributed by atoms with E-state index in [9.17, 15) is 18.3 Å². The van der Waals surface area contributed by atoms with Gasteiger partial charge in [0.25, 0.3) is 5.88 Å². The molecule has 1 heterocycles. The van der Waals surface area contributed by atoms with Crippen LogP contribution in [0.25, 0.3) is 0 Å². The van der Waals surface area contributed by atoms with Gasteiger partial charge in [-0.3, -0.25) is 0 Å². The van der Waals surface area contributed by atoms with E-state index in [2.05, 4.69) is 14.5 Å². The van der Waals surface area contributed by atoms with E-state index in [0.29, 0.717) is 0 Å². The second kappa shape index (κ2) is 4.44. The molecule has 0 radical (unpaired) electrons. The summed E-state index contributed by atoms with van der Waals surface area (Å²) in [6.07, 6.45) is -4.11. The summed E-state index contributed by atoms with van der Waals surface area (Å²) in [7, 11) is 1.09. The van der Waals surface area contributed by atoms with E-state index < -0.39 is 35.9 Å². The van der Waals surface area contributed by atoms with Gasteiger partial charge in [0, 0.05) is 0 Å². The lowest BCUT2D eigenvalue weighted by Gasteiger charge is -2.15. The van der Waals surface area contributed by atoms with Crippen LogP contribution in [0.3, 0.4) is 0 Å². The topological polar surface area (TPSA) is 71.8 Å². The summed E-state index contributed by atoms with van der Waals surface area (Å²) in [5, 5.41) is 18.0. The Kier molecular flexibility index (Phi) is 3.43. The van der Waals surface area contributed by atoms with Crippen LogP contribution in [-0.4, -0.2) is 28.7 Å². The summed E-state index contributed by atoms with van der Waals surface area (Å²) < 4.78 is 44.3. The van der Waals surface area contributed by atoms with E-state index in [1.54, 1.807) is 0 Å². The molecule has 0 amide bonds. The van der Waals surface area contributed by atoms with Crippen LogP contribution in [0.2, 0.25) is 0 Å². The Morgan fingerprint density at radius 1 is 1.44 bits per heavy atom. The van der Waals surface area contributed by atoms with Crippen molar-refractivity contribution in [3.8, 4) is 17.4 Å². The number of ether oxygens (including phenoxy) is 2. The maximum absolute atomic E-state index is 12.0. The van der Waals surface area contributed by atoms with Gasteiger partial charge < -0.3 is 19.7 Å². The quantitative estimate of drug-likeness (QED) is 0.828. The van der Waals surface area contributed by atoms with Crippen LogP contribution in [-0.2, 0) is 6.61 Å². The lowest BCUT2D eigenvalue weighted by atomic mass is 10.2. The number of aliphatic hydroxyl groups is 1. The van der Waals surface area contributed by atoms with E-state index in [-0.39, 0.29) is 0 Å². The highest BCUT2D eigenvalue weighted by atomic mass is 19.4. The van der Waals surface area contributed by atoms with E-state index >= 15 is 0 Å². The second-order valence-corrected chi connectivity index (χ2v) is 2.67. The van der Waals surface area contributed by atoms with Gasteiger partial charge in [0.1, 0.15) is 5.75 Å². The van der Waals surface area contributed by atoms with Crippen molar-refractivity contribution < 1.29 is 32.9 Å². The van der Waals surface area contributed by atoms with Crippen LogP contribution in [0, 0.1) is 0 Å². The number of aliphatic hydroxyl groups excluding tert-OH is 1. The van der Waals surface area contributed by atoms with Crippen molar-refractivity contribution in [2.75, 3.05) is 7.11 Å². The molecule has 0 aromatic carbocycles. The maximum atomic E-state index is 12.0. The standard InChI is InChI=1S/C8H8F3NO4/c1-15-7-6(16-8(9,10)11)4(3-13)5(14)2-12-7/h2,13-14H,3H2,1H3. The van der Waals surface area contributed by atoms with Crippen molar-refractivity contribution in [3.05, 3.63) is 11.8 Å². The Labute approximate surface area is 88.1 Å². The number of methoxy groups -OCH3 is 1. The Balaban J connectivity index is 3.25. The Bertz CT molecular complexity index is 380. The van der Waals surface area contributed by atoms with Crippen LogP contribution < -0.4 is 9.47 Å². The molecule has 0 unspecified atom stereocenters. The minimum absolute atomic E-state index is 0.441. The van der Waals surface area contributed by atoms with E-state index in [0.717, 1.165) is 13.3 Å². The van der Waals surface area contributed by atoms with Crippen LogP contribution in [0.15, 0.2) is 6.20 Å². The van der Waals surface area contributed by atoms with Crippen molar-refractivity contribution in [1.29, 1.82) is 0 Å². The molecule has 0 aliphatic rings. The van der Waals surface area contributed by atoms with E-state index in [1.807, 2.05) is 0 Å². The molecule has 1 rings (SSSR count). The minimum atomic E-state index is -4.97. The van der Waals surface area contributed by atoms with Crippen molar-refractivity contribution >= 4 is 0 Å². The number of hydrogen-bond donors (Lipinski definition) is 2.